The number of nitrogens with one attached hydrogen (secondary N) is 1. The zero-order valence-corrected chi connectivity index (χ0v) is 13.5. The highest BCUT2D eigenvalue weighted by molar-refractivity contribution is 9.11. The van der Waals surface area contributed by atoms with E-state index in [0.717, 1.165) is 21.2 Å². The quantitative estimate of drug-likeness (QED) is 0.782. The van der Waals surface area contributed by atoms with Gasteiger partial charge in [-0.2, -0.15) is 0 Å². The molecule has 3 rings (SSSR count). The highest BCUT2D eigenvalue weighted by atomic mass is 79.9. The van der Waals surface area contributed by atoms with Gasteiger partial charge in [-0.05, 0) is 68.3 Å². The topological polar surface area (TPSA) is 24.9 Å². The summed E-state index contributed by atoms with van der Waals surface area (Å²) in [4.78, 5) is 4.44. The molecule has 1 atom stereocenters. The maximum absolute atomic E-state index is 4.44. The summed E-state index contributed by atoms with van der Waals surface area (Å²) >= 11 is 6.99. The molecule has 0 saturated heterocycles. The minimum Gasteiger partial charge on any atom is -0.362 e. The van der Waals surface area contributed by atoms with Crippen LogP contribution in [0.3, 0.4) is 0 Å². The van der Waals surface area contributed by atoms with Crippen molar-refractivity contribution in [2.45, 2.75) is 25.3 Å². The minimum atomic E-state index is 0.356. The summed E-state index contributed by atoms with van der Waals surface area (Å²) in [6.07, 6.45) is 5.38. The Morgan fingerprint density at radius 1 is 1.21 bits per heavy atom. The number of fused-ring (bicyclic) bond motifs is 1. The number of hydrogen-bond donors (Lipinski definition) is 1. The van der Waals surface area contributed by atoms with E-state index in [1.807, 2.05) is 12.3 Å². The van der Waals surface area contributed by atoms with E-state index >= 15 is 0 Å². The summed E-state index contributed by atoms with van der Waals surface area (Å²) < 4.78 is 1.97. The van der Waals surface area contributed by atoms with Crippen LogP contribution in [0.1, 0.15) is 30.0 Å². The van der Waals surface area contributed by atoms with Crippen molar-refractivity contribution in [1.29, 1.82) is 0 Å². The molecule has 0 fully saturated rings. The van der Waals surface area contributed by atoms with E-state index in [9.17, 15) is 0 Å². The predicted octanol–water partition coefficient (Wildman–Crippen LogP) is 5.10. The molecule has 1 unspecified atom stereocenters. The average molecular weight is 382 g/mol. The first kappa shape index (κ1) is 13.1. The molecule has 0 bridgehead atoms. The van der Waals surface area contributed by atoms with Gasteiger partial charge < -0.3 is 5.32 Å². The van der Waals surface area contributed by atoms with Crippen LogP contribution in [0.4, 0.5) is 5.82 Å². The van der Waals surface area contributed by atoms with E-state index < -0.39 is 0 Å². The van der Waals surface area contributed by atoms with Crippen LogP contribution in [0, 0.1) is 0 Å². The average Bonchev–Trinajstić information content (AvgIpc) is 2.42. The number of aromatic nitrogens is 1. The lowest BCUT2D eigenvalue weighted by Crippen LogP contribution is -2.18. The Balaban J connectivity index is 1.88. The number of halogens is 2. The number of nitrogens with zero attached hydrogens (tertiary/aromatic N) is 1. The van der Waals surface area contributed by atoms with Gasteiger partial charge in [-0.25, -0.2) is 4.98 Å². The van der Waals surface area contributed by atoms with Crippen molar-refractivity contribution in [2.75, 3.05) is 5.32 Å². The molecule has 1 aromatic carbocycles. The molecule has 98 valence electrons. The smallest absolute Gasteiger partial charge is 0.140 e. The molecule has 1 aromatic heterocycles. The van der Waals surface area contributed by atoms with E-state index in [1.165, 1.54) is 24.0 Å². The maximum Gasteiger partial charge on any atom is 0.140 e. The number of benzene rings is 1. The molecule has 1 N–H and O–H groups in total. The van der Waals surface area contributed by atoms with Gasteiger partial charge >= 0.3 is 0 Å². The Morgan fingerprint density at radius 2 is 2.05 bits per heavy atom. The summed E-state index contributed by atoms with van der Waals surface area (Å²) in [5.74, 6) is 0.907. The zero-order chi connectivity index (χ0) is 13.2. The van der Waals surface area contributed by atoms with Gasteiger partial charge in [0.15, 0.2) is 0 Å². The molecule has 1 aliphatic carbocycles. The van der Waals surface area contributed by atoms with Crippen LogP contribution < -0.4 is 5.32 Å². The van der Waals surface area contributed by atoms with Crippen LogP contribution in [0.5, 0.6) is 0 Å². The van der Waals surface area contributed by atoms with Gasteiger partial charge in [0.25, 0.3) is 0 Å². The van der Waals surface area contributed by atoms with E-state index in [-0.39, 0.29) is 0 Å². The number of aryl methyl sites for hydroxylation is 1. The summed E-state index contributed by atoms with van der Waals surface area (Å²) in [6.45, 7) is 0. The van der Waals surface area contributed by atoms with Crippen LogP contribution in [0.15, 0.2) is 45.5 Å². The van der Waals surface area contributed by atoms with Gasteiger partial charge in [0.1, 0.15) is 5.82 Å². The number of pyridine rings is 1. The standard InChI is InChI=1S/C15H14Br2N2/c16-11-8-13(17)15(18-9-11)19-14-7-3-5-10-4-1-2-6-12(10)14/h1-2,4,6,8-9,14H,3,5,7H2,(H,18,19). The molecule has 19 heavy (non-hydrogen) atoms. The van der Waals surface area contributed by atoms with Crippen molar-refractivity contribution in [3.8, 4) is 0 Å². The van der Waals surface area contributed by atoms with E-state index in [0.29, 0.717) is 6.04 Å². The van der Waals surface area contributed by atoms with Crippen molar-refractivity contribution in [1.82, 2.24) is 4.98 Å². The predicted molar refractivity (Wildman–Crippen MR) is 85.4 cm³/mol. The Kier molecular flexibility index (Phi) is 3.89. The Morgan fingerprint density at radius 3 is 2.89 bits per heavy atom. The van der Waals surface area contributed by atoms with Gasteiger partial charge in [-0.15, -0.1) is 0 Å². The SMILES string of the molecule is Brc1cnc(NC2CCCc3ccccc32)c(Br)c1. The van der Waals surface area contributed by atoms with Crippen molar-refractivity contribution in [3.63, 3.8) is 0 Å². The Bertz CT molecular complexity index is 598. The third kappa shape index (κ3) is 2.84. The second-order valence-corrected chi connectivity index (χ2v) is 6.54. The molecule has 2 nitrogen and oxygen atoms in total. The molecule has 2 aromatic rings. The van der Waals surface area contributed by atoms with Crippen molar-refractivity contribution < 1.29 is 0 Å². The lowest BCUT2D eigenvalue weighted by atomic mass is 9.88. The monoisotopic (exact) mass is 380 g/mol. The summed E-state index contributed by atoms with van der Waals surface area (Å²) in [5, 5.41) is 3.55. The minimum absolute atomic E-state index is 0.356. The first-order valence-electron chi connectivity index (χ1n) is 6.39. The lowest BCUT2D eigenvalue weighted by Gasteiger charge is -2.27. The molecule has 0 saturated carbocycles. The second kappa shape index (κ2) is 5.63. The number of hydrogen-bond acceptors (Lipinski definition) is 2. The molecule has 0 aliphatic heterocycles. The van der Waals surface area contributed by atoms with Crippen LogP contribution >= 0.6 is 31.9 Å². The van der Waals surface area contributed by atoms with Crippen molar-refractivity contribution in [3.05, 3.63) is 56.6 Å². The molecule has 1 heterocycles. The zero-order valence-electron chi connectivity index (χ0n) is 10.4. The Hall–Kier alpha value is -0.870. The molecular formula is C15H14Br2N2. The third-order valence-electron chi connectivity index (χ3n) is 3.49. The highest BCUT2D eigenvalue weighted by Crippen LogP contribution is 2.34. The molecule has 0 spiro atoms. The van der Waals surface area contributed by atoms with Gasteiger partial charge in [-0.1, -0.05) is 24.3 Å². The van der Waals surface area contributed by atoms with Gasteiger partial charge in [-0.3, -0.25) is 0 Å². The maximum atomic E-state index is 4.44. The number of rotatable bonds is 2. The van der Waals surface area contributed by atoms with Crippen molar-refractivity contribution >= 4 is 37.7 Å². The second-order valence-electron chi connectivity index (χ2n) is 4.77. The summed E-state index contributed by atoms with van der Waals surface area (Å²) in [7, 11) is 0. The normalized spacial score (nSPS) is 17.9. The summed E-state index contributed by atoms with van der Waals surface area (Å²) in [6, 6.07) is 11.1. The fourth-order valence-electron chi connectivity index (χ4n) is 2.59. The van der Waals surface area contributed by atoms with E-state index in [4.69, 9.17) is 0 Å². The summed E-state index contributed by atoms with van der Waals surface area (Å²) in [5.41, 5.74) is 2.87. The van der Waals surface area contributed by atoms with Crippen LogP contribution in [-0.4, -0.2) is 4.98 Å². The third-order valence-corrected chi connectivity index (χ3v) is 4.53. The fourth-order valence-corrected chi connectivity index (χ4v) is 3.69. The number of anilines is 1. The highest BCUT2D eigenvalue weighted by Gasteiger charge is 2.20. The van der Waals surface area contributed by atoms with Gasteiger partial charge in [0, 0.05) is 10.7 Å². The van der Waals surface area contributed by atoms with Crippen molar-refractivity contribution in [2.24, 2.45) is 0 Å². The molecule has 4 heteroatoms. The molecular weight excluding hydrogens is 368 g/mol. The first-order chi connectivity index (χ1) is 9.24. The fraction of sp³-hybridized carbons (Fsp3) is 0.267. The van der Waals surface area contributed by atoms with Gasteiger partial charge in [0.05, 0.1) is 10.5 Å². The van der Waals surface area contributed by atoms with E-state index in [1.54, 1.807) is 0 Å². The van der Waals surface area contributed by atoms with Crippen LogP contribution in [0.25, 0.3) is 0 Å². The Labute approximate surface area is 129 Å². The first-order valence-corrected chi connectivity index (χ1v) is 7.98. The molecule has 0 radical (unpaired) electrons. The van der Waals surface area contributed by atoms with Crippen LogP contribution in [-0.2, 0) is 6.42 Å². The lowest BCUT2D eigenvalue weighted by molar-refractivity contribution is 0.598. The molecule has 0 amide bonds. The van der Waals surface area contributed by atoms with Crippen LogP contribution in [0.2, 0.25) is 0 Å². The van der Waals surface area contributed by atoms with Gasteiger partial charge in [0.2, 0.25) is 0 Å². The van der Waals surface area contributed by atoms with E-state index in [2.05, 4.69) is 66.4 Å². The molecule has 1 aliphatic rings. The largest absolute Gasteiger partial charge is 0.362 e.